The van der Waals surface area contributed by atoms with Crippen LogP contribution in [-0.4, -0.2) is 35.1 Å². The van der Waals surface area contributed by atoms with Gasteiger partial charge in [-0.2, -0.15) is 0 Å². The lowest BCUT2D eigenvalue weighted by molar-refractivity contribution is -0.148. The Morgan fingerprint density at radius 3 is 2.38 bits per heavy atom. The van der Waals surface area contributed by atoms with E-state index in [1.54, 1.807) is 0 Å². The van der Waals surface area contributed by atoms with Crippen LogP contribution in [0.3, 0.4) is 0 Å². The molecule has 16 heavy (non-hydrogen) atoms. The second-order valence-corrected chi connectivity index (χ2v) is 6.07. The summed E-state index contributed by atoms with van der Waals surface area (Å²) in [6.07, 6.45) is 3.65. The zero-order valence-corrected chi connectivity index (χ0v) is 11.0. The maximum absolute atomic E-state index is 11.1. The lowest BCUT2D eigenvalue weighted by Gasteiger charge is -2.30. The van der Waals surface area contributed by atoms with Crippen molar-refractivity contribution in [2.75, 3.05) is 13.1 Å². The first-order valence-corrected chi connectivity index (χ1v) is 6.30. The van der Waals surface area contributed by atoms with Gasteiger partial charge in [-0.15, -0.1) is 0 Å². The largest absolute Gasteiger partial charge is 0.481 e. The number of hydrogen-bond acceptors (Lipinski definition) is 2. The second kappa shape index (κ2) is 5.17. The summed E-state index contributed by atoms with van der Waals surface area (Å²) in [6.45, 7) is 9.79. The lowest BCUT2D eigenvalue weighted by Crippen LogP contribution is -2.41. The Morgan fingerprint density at radius 1 is 1.44 bits per heavy atom. The van der Waals surface area contributed by atoms with E-state index >= 15 is 0 Å². The summed E-state index contributed by atoms with van der Waals surface area (Å²) in [7, 11) is 0. The van der Waals surface area contributed by atoms with Crippen LogP contribution in [0.4, 0.5) is 0 Å². The van der Waals surface area contributed by atoms with Gasteiger partial charge in [0.15, 0.2) is 0 Å². The van der Waals surface area contributed by atoms with Gasteiger partial charge in [-0.3, -0.25) is 9.69 Å². The molecule has 0 saturated heterocycles. The Hall–Kier alpha value is -0.570. The number of carboxylic acid groups (broad SMARTS) is 1. The van der Waals surface area contributed by atoms with Crippen LogP contribution in [0, 0.1) is 11.3 Å². The van der Waals surface area contributed by atoms with Crippen molar-refractivity contribution >= 4 is 5.97 Å². The van der Waals surface area contributed by atoms with Gasteiger partial charge >= 0.3 is 5.97 Å². The number of hydrogen-bond donors (Lipinski definition) is 1. The van der Waals surface area contributed by atoms with E-state index in [-0.39, 0.29) is 0 Å². The van der Waals surface area contributed by atoms with Crippen LogP contribution in [0.5, 0.6) is 0 Å². The minimum absolute atomic E-state index is 0.625. The Labute approximate surface area is 98.8 Å². The van der Waals surface area contributed by atoms with Crippen LogP contribution in [-0.2, 0) is 4.79 Å². The predicted octanol–water partition coefficient (Wildman–Crippen LogP) is 2.61. The number of carboxylic acids is 1. The molecular formula is C13H25NO2. The van der Waals surface area contributed by atoms with Gasteiger partial charge in [-0.1, -0.05) is 13.8 Å². The molecule has 1 aliphatic carbocycles. The minimum atomic E-state index is -0.692. The monoisotopic (exact) mass is 227 g/mol. The molecule has 0 radical (unpaired) electrons. The summed E-state index contributed by atoms with van der Waals surface area (Å²) in [5, 5.41) is 9.14. The van der Waals surface area contributed by atoms with Gasteiger partial charge in [-0.25, -0.2) is 0 Å². The van der Waals surface area contributed by atoms with E-state index in [1.807, 2.05) is 13.8 Å². The van der Waals surface area contributed by atoms with Crippen LogP contribution in [0.2, 0.25) is 0 Å². The zero-order chi connectivity index (χ0) is 12.3. The van der Waals surface area contributed by atoms with E-state index in [0.29, 0.717) is 18.5 Å². The average Bonchev–Trinajstić information content (AvgIpc) is 2.94. The summed E-state index contributed by atoms with van der Waals surface area (Å²) < 4.78 is 0. The summed E-state index contributed by atoms with van der Waals surface area (Å²) >= 11 is 0. The molecule has 0 bridgehead atoms. The predicted molar refractivity (Wildman–Crippen MR) is 65.5 cm³/mol. The molecule has 1 fully saturated rings. The third-order valence-corrected chi connectivity index (χ3v) is 3.23. The highest BCUT2D eigenvalue weighted by atomic mass is 16.4. The SMILES string of the molecule is CC(C)CCN(CC(C)(C)C(=O)O)C1CC1. The van der Waals surface area contributed by atoms with Gasteiger partial charge in [0.2, 0.25) is 0 Å². The van der Waals surface area contributed by atoms with Gasteiger partial charge in [0.05, 0.1) is 5.41 Å². The van der Waals surface area contributed by atoms with Crippen LogP contribution in [0.15, 0.2) is 0 Å². The van der Waals surface area contributed by atoms with Gasteiger partial charge in [-0.05, 0) is 45.6 Å². The van der Waals surface area contributed by atoms with Crippen molar-refractivity contribution in [1.29, 1.82) is 0 Å². The fourth-order valence-electron chi connectivity index (χ4n) is 1.83. The maximum Gasteiger partial charge on any atom is 0.310 e. The van der Waals surface area contributed by atoms with Crippen molar-refractivity contribution in [2.24, 2.45) is 11.3 Å². The van der Waals surface area contributed by atoms with Crippen molar-refractivity contribution in [3.8, 4) is 0 Å². The number of rotatable bonds is 7. The maximum atomic E-state index is 11.1. The molecule has 1 saturated carbocycles. The van der Waals surface area contributed by atoms with Crippen molar-refractivity contribution in [3.63, 3.8) is 0 Å². The molecule has 3 heteroatoms. The van der Waals surface area contributed by atoms with Crippen molar-refractivity contribution in [2.45, 2.75) is 53.0 Å². The molecule has 0 aromatic heterocycles. The third kappa shape index (κ3) is 4.12. The molecule has 1 N–H and O–H groups in total. The first-order chi connectivity index (χ1) is 7.33. The minimum Gasteiger partial charge on any atom is -0.481 e. The standard InChI is InChI=1S/C13H25NO2/c1-10(2)7-8-14(11-5-6-11)9-13(3,4)12(15)16/h10-11H,5-9H2,1-4H3,(H,15,16). The Morgan fingerprint density at radius 2 is 2.00 bits per heavy atom. The fraction of sp³-hybridized carbons (Fsp3) is 0.923. The van der Waals surface area contributed by atoms with E-state index < -0.39 is 11.4 Å². The molecule has 0 heterocycles. The first-order valence-electron chi connectivity index (χ1n) is 6.30. The first kappa shape index (κ1) is 13.5. The van der Waals surface area contributed by atoms with Crippen LogP contribution in [0.1, 0.15) is 47.0 Å². The zero-order valence-electron chi connectivity index (χ0n) is 11.0. The smallest absolute Gasteiger partial charge is 0.310 e. The summed E-state index contributed by atoms with van der Waals surface area (Å²) in [5.74, 6) is -0.00288. The van der Waals surface area contributed by atoms with Gasteiger partial charge in [0.25, 0.3) is 0 Å². The van der Waals surface area contributed by atoms with Crippen LogP contribution < -0.4 is 0 Å². The van der Waals surface area contributed by atoms with Gasteiger partial charge in [0, 0.05) is 12.6 Å². The molecule has 3 nitrogen and oxygen atoms in total. The highest BCUT2D eigenvalue weighted by molar-refractivity contribution is 5.73. The van der Waals surface area contributed by atoms with E-state index in [1.165, 1.54) is 12.8 Å². The van der Waals surface area contributed by atoms with Crippen molar-refractivity contribution in [3.05, 3.63) is 0 Å². The van der Waals surface area contributed by atoms with Crippen LogP contribution >= 0.6 is 0 Å². The quantitative estimate of drug-likeness (QED) is 0.727. The Bertz CT molecular complexity index is 244. The molecule has 0 aliphatic heterocycles. The molecular weight excluding hydrogens is 202 g/mol. The fourth-order valence-corrected chi connectivity index (χ4v) is 1.83. The number of nitrogens with zero attached hydrogens (tertiary/aromatic N) is 1. The Kier molecular flexibility index (Phi) is 4.36. The molecule has 0 aromatic rings. The van der Waals surface area contributed by atoms with Crippen molar-refractivity contribution in [1.82, 2.24) is 4.90 Å². The normalized spacial score (nSPS) is 17.1. The highest BCUT2D eigenvalue weighted by Gasteiger charge is 2.36. The second-order valence-electron chi connectivity index (χ2n) is 6.07. The lowest BCUT2D eigenvalue weighted by atomic mass is 9.92. The van der Waals surface area contributed by atoms with Gasteiger partial charge < -0.3 is 5.11 Å². The average molecular weight is 227 g/mol. The van der Waals surface area contributed by atoms with E-state index in [9.17, 15) is 4.79 Å². The molecule has 0 atom stereocenters. The molecule has 0 unspecified atom stereocenters. The molecule has 0 amide bonds. The van der Waals surface area contributed by atoms with E-state index in [2.05, 4.69) is 18.7 Å². The van der Waals surface area contributed by atoms with Crippen LogP contribution in [0.25, 0.3) is 0 Å². The molecule has 1 rings (SSSR count). The number of carbonyl (C=O) groups is 1. The summed E-state index contributed by atoms with van der Waals surface area (Å²) in [5.41, 5.74) is -0.625. The topological polar surface area (TPSA) is 40.5 Å². The molecule has 1 aliphatic rings. The number of aliphatic carboxylic acids is 1. The van der Waals surface area contributed by atoms with Crippen molar-refractivity contribution < 1.29 is 9.90 Å². The summed E-state index contributed by atoms with van der Waals surface area (Å²) in [4.78, 5) is 13.5. The third-order valence-electron chi connectivity index (χ3n) is 3.23. The molecule has 0 aromatic carbocycles. The van der Waals surface area contributed by atoms with E-state index in [4.69, 9.17) is 5.11 Å². The molecule has 94 valence electrons. The summed E-state index contributed by atoms with van der Waals surface area (Å²) in [6, 6.07) is 0.650. The highest BCUT2D eigenvalue weighted by Crippen LogP contribution is 2.30. The molecule has 0 spiro atoms. The Balaban J connectivity index is 2.47. The van der Waals surface area contributed by atoms with Gasteiger partial charge in [0.1, 0.15) is 0 Å². The van der Waals surface area contributed by atoms with E-state index in [0.717, 1.165) is 13.0 Å².